The van der Waals surface area contributed by atoms with E-state index in [1.807, 2.05) is 29.8 Å². The van der Waals surface area contributed by atoms with Crippen molar-refractivity contribution in [1.82, 2.24) is 19.4 Å². The van der Waals surface area contributed by atoms with Gasteiger partial charge in [0.05, 0.1) is 36.4 Å². The van der Waals surface area contributed by atoms with Crippen molar-refractivity contribution in [1.29, 1.82) is 0 Å². The number of methoxy groups -OCH3 is 1. The van der Waals surface area contributed by atoms with Gasteiger partial charge >= 0.3 is 0 Å². The quantitative estimate of drug-likeness (QED) is 0.423. The standard InChI is InChI=1S/C30H34FN5O/c1-20-18-34(19-33-20)27-13-8-23(17-28(27)37-6)16-26-22(3)36(21(2)24-9-11-25(31)12-10-24)29-32-14-7-15-35(29)30(26,4)5/h8-13,16-19,21H,3,7,14-15H2,1-2,4-6H3/b26-16-. The molecular formula is C30H34FN5O. The number of aliphatic imine (C=N–C) groups is 1. The van der Waals surface area contributed by atoms with Crippen molar-refractivity contribution in [3.05, 3.63) is 95.5 Å². The molecule has 3 aromatic rings. The zero-order valence-electron chi connectivity index (χ0n) is 22.2. The Bertz CT molecular complexity index is 1390. The number of ether oxygens (including phenoxy) is 1. The molecule has 37 heavy (non-hydrogen) atoms. The van der Waals surface area contributed by atoms with Gasteiger partial charge in [0.1, 0.15) is 11.6 Å². The first-order valence-corrected chi connectivity index (χ1v) is 12.7. The number of benzene rings is 2. The Morgan fingerprint density at radius 1 is 1.16 bits per heavy atom. The van der Waals surface area contributed by atoms with Crippen LogP contribution in [-0.4, -0.2) is 51.0 Å². The number of rotatable bonds is 5. The average Bonchev–Trinajstić information content (AvgIpc) is 3.33. The highest BCUT2D eigenvalue weighted by Gasteiger charge is 2.45. The second-order valence-corrected chi connectivity index (χ2v) is 10.2. The van der Waals surface area contributed by atoms with Gasteiger partial charge < -0.3 is 19.1 Å². The van der Waals surface area contributed by atoms with Gasteiger partial charge in [-0.3, -0.25) is 4.99 Å². The van der Waals surface area contributed by atoms with Crippen LogP contribution in [0.1, 0.15) is 50.1 Å². The van der Waals surface area contributed by atoms with Crippen LogP contribution < -0.4 is 4.74 Å². The SMILES string of the molecule is C=C1/C(=C/c2ccc(-n3cnc(C)c3)c(OC)c2)C(C)(C)N2CCCN=C2N1C(C)c1ccc(F)cc1. The molecular weight excluding hydrogens is 465 g/mol. The summed E-state index contributed by atoms with van der Waals surface area (Å²) < 4.78 is 21.4. The molecule has 192 valence electrons. The lowest BCUT2D eigenvalue weighted by atomic mass is 9.84. The van der Waals surface area contributed by atoms with Gasteiger partial charge in [-0.05, 0) is 75.6 Å². The highest BCUT2D eigenvalue weighted by atomic mass is 19.1. The summed E-state index contributed by atoms with van der Waals surface area (Å²) in [6, 6.07) is 12.8. The topological polar surface area (TPSA) is 45.9 Å². The van der Waals surface area contributed by atoms with E-state index < -0.39 is 0 Å². The first kappa shape index (κ1) is 24.8. The molecule has 1 aromatic heterocycles. The van der Waals surface area contributed by atoms with Gasteiger partial charge in [0.2, 0.25) is 5.96 Å². The van der Waals surface area contributed by atoms with Crippen molar-refractivity contribution < 1.29 is 9.13 Å². The predicted octanol–water partition coefficient (Wildman–Crippen LogP) is 6.14. The average molecular weight is 500 g/mol. The van der Waals surface area contributed by atoms with Gasteiger partial charge in [-0.1, -0.05) is 24.8 Å². The minimum absolute atomic E-state index is 0.0617. The van der Waals surface area contributed by atoms with Crippen LogP contribution in [-0.2, 0) is 0 Å². The fourth-order valence-corrected chi connectivity index (χ4v) is 5.35. The largest absolute Gasteiger partial charge is 0.495 e. The molecule has 0 radical (unpaired) electrons. The molecule has 1 unspecified atom stereocenters. The fraction of sp³-hybridized carbons (Fsp3) is 0.333. The van der Waals surface area contributed by atoms with Gasteiger partial charge in [-0.2, -0.15) is 0 Å². The first-order valence-electron chi connectivity index (χ1n) is 12.7. The number of nitrogens with zero attached hydrogens (tertiary/aromatic N) is 5. The molecule has 3 heterocycles. The van der Waals surface area contributed by atoms with E-state index in [1.54, 1.807) is 13.4 Å². The van der Waals surface area contributed by atoms with E-state index >= 15 is 0 Å². The minimum atomic E-state index is -0.317. The van der Waals surface area contributed by atoms with Crippen molar-refractivity contribution >= 4 is 12.0 Å². The van der Waals surface area contributed by atoms with Crippen molar-refractivity contribution in [2.45, 2.75) is 45.7 Å². The Hall–Kier alpha value is -3.87. The van der Waals surface area contributed by atoms with Crippen LogP contribution in [0.5, 0.6) is 5.75 Å². The maximum Gasteiger partial charge on any atom is 0.202 e. The molecule has 0 bridgehead atoms. The maximum absolute atomic E-state index is 13.7. The van der Waals surface area contributed by atoms with Crippen LogP contribution in [0.2, 0.25) is 0 Å². The summed E-state index contributed by atoms with van der Waals surface area (Å²) in [5, 5.41) is 0. The predicted molar refractivity (Wildman–Crippen MR) is 146 cm³/mol. The van der Waals surface area contributed by atoms with E-state index in [1.165, 1.54) is 12.1 Å². The zero-order chi connectivity index (χ0) is 26.3. The van der Waals surface area contributed by atoms with Gasteiger partial charge in [0.25, 0.3) is 0 Å². The first-order chi connectivity index (χ1) is 17.7. The molecule has 1 saturated heterocycles. The molecule has 0 aliphatic carbocycles. The lowest BCUT2D eigenvalue weighted by Gasteiger charge is -2.54. The van der Waals surface area contributed by atoms with Crippen molar-refractivity contribution in [3.63, 3.8) is 0 Å². The lowest BCUT2D eigenvalue weighted by Crippen LogP contribution is -2.61. The number of aryl methyl sites for hydroxylation is 1. The summed E-state index contributed by atoms with van der Waals surface area (Å²) in [6.45, 7) is 14.8. The summed E-state index contributed by atoms with van der Waals surface area (Å²) in [5.41, 5.74) is 5.60. The highest BCUT2D eigenvalue weighted by molar-refractivity contribution is 5.88. The van der Waals surface area contributed by atoms with E-state index in [2.05, 4.69) is 66.4 Å². The third-order valence-electron chi connectivity index (χ3n) is 7.43. The third kappa shape index (κ3) is 4.43. The molecule has 0 N–H and O–H groups in total. The Balaban J connectivity index is 1.58. The van der Waals surface area contributed by atoms with Gasteiger partial charge in [-0.25, -0.2) is 9.37 Å². The molecule has 2 aliphatic rings. The summed E-state index contributed by atoms with van der Waals surface area (Å²) in [6.07, 6.45) is 6.97. The van der Waals surface area contributed by atoms with Crippen LogP contribution in [0.25, 0.3) is 11.8 Å². The smallest absolute Gasteiger partial charge is 0.202 e. The molecule has 7 heteroatoms. The van der Waals surface area contributed by atoms with Gasteiger partial charge in [0.15, 0.2) is 0 Å². The second kappa shape index (κ2) is 9.54. The highest BCUT2D eigenvalue weighted by Crippen LogP contribution is 2.43. The van der Waals surface area contributed by atoms with E-state index in [0.29, 0.717) is 0 Å². The van der Waals surface area contributed by atoms with E-state index in [4.69, 9.17) is 9.73 Å². The molecule has 1 atom stereocenters. The maximum atomic E-state index is 13.7. The van der Waals surface area contributed by atoms with Crippen molar-refractivity contribution in [3.8, 4) is 11.4 Å². The van der Waals surface area contributed by atoms with Crippen LogP contribution in [0, 0.1) is 12.7 Å². The Morgan fingerprint density at radius 3 is 2.59 bits per heavy atom. The summed E-state index contributed by atoms with van der Waals surface area (Å²) in [5.74, 6) is 1.45. The Labute approximate surface area is 218 Å². The van der Waals surface area contributed by atoms with Crippen LogP contribution in [0.4, 0.5) is 4.39 Å². The zero-order valence-corrected chi connectivity index (χ0v) is 22.2. The van der Waals surface area contributed by atoms with E-state index in [0.717, 1.165) is 65.0 Å². The molecule has 0 amide bonds. The molecule has 2 aliphatic heterocycles. The van der Waals surface area contributed by atoms with Crippen LogP contribution >= 0.6 is 0 Å². The molecule has 0 spiro atoms. The number of guanidine groups is 1. The molecule has 2 aromatic carbocycles. The summed E-state index contributed by atoms with van der Waals surface area (Å²) in [7, 11) is 1.69. The molecule has 5 rings (SSSR count). The third-order valence-corrected chi connectivity index (χ3v) is 7.43. The Morgan fingerprint density at radius 2 is 1.92 bits per heavy atom. The molecule has 6 nitrogen and oxygen atoms in total. The number of fused-ring (bicyclic) bond motifs is 1. The number of hydrogen-bond donors (Lipinski definition) is 0. The number of imidazole rings is 1. The second-order valence-electron chi connectivity index (χ2n) is 10.2. The fourth-order valence-electron chi connectivity index (χ4n) is 5.35. The number of halogens is 1. The monoisotopic (exact) mass is 499 g/mol. The summed E-state index contributed by atoms with van der Waals surface area (Å²) in [4.78, 5) is 13.9. The molecule has 0 saturated carbocycles. The van der Waals surface area contributed by atoms with Crippen molar-refractivity contribution in [2.24, 2.45) is 4.99 Å². The number of hydrogen-bond acceptors (Lipinski definition) is 5. The number of aromatic nitrogens is 2. The van der Waals surface area contributed by atoms with Crippen LogP contribution in [0.3, 0.4) is 0 Å². The van der Waals surface area contributed by atoms with Crippen LogP contribution in [0.15, 0.2) is 77.8 Å². The molecule has 1 fully saturated rings. The normalized spacial score (nSPS) is 19.0. The van der Waals surface area contributed by atoms with Gasteiger partial charge in [0, 0.05) is 30.6 Å². The van der Waals surface area contributed by atoms with Gasteiger partial charge in [-0.15, -0.1) is 0 Å². The lowest BCUT2D eigenvalue weighted by molar-refractivity contribution is 0.175. The summed E-state index contributed by atoms with van der Waals surface area (Å²) >= 11 is 0. The van der Waals surface area contributed by atoms with Crippen molar-refractivity contribution in [2.75, 3.05) is 20.2 Å². The van der Waals surface area contributed by atoms with E-state index in [9.17, 15) is 4.39 Å². The Kier molecular flexibility index (Phi) is 6.40. The van der Waals surface area contributed by atoms with E-state index in [-0.39, 0.29) is 17.4 Å². The minimum Gasteiger partial charge on any atom is -0.495 e.